The molecule has 0 atom stereocenters. The van der Waals surface area contributed by atoms with Crippen molar-refractivity contribution < 1.29 is 9.72 Å². The van der Waals surface area contributed by atoms with E-state index in [0.717, 1.165) is 10.1 Å². The second-order valence-electron chi connectivity index (χ2n) is 5.65. The normalized spacial score (nSPS) is 10.7. The lowest BCUT2D eigenvalue weighted by atomic mass is 10.2. The first kappa shape index (κ1) is 17.6. The average molecular weight is 373 g/mol. The molecule has 3 aromatic rings. The first-order chi connectivity index (χ1) is 12.3. The largest absolute Gasteiger partial charge is 0.324 e. The standard InChI is InChI=1S/C17H13ClN4O4/c1-10-2-3-11(6-14(10)18)20-16(23)8-21-9-19-15-7-12(22(25)26)4-5-13(15)17(21)24/h2-7,9H,8H2,1H3,(H,20,23). The molecule has 0 aliphatic heterocycles. The molecule has 0 radical (unpaired) electrons. The maximum absolute atomic E-state index is 12.4. The minimum absolute atomic E-state index is 0.156. The van der Waals surface area contributed by atoms with Crippen LogP contribution in [0.5, 0.6) is 0 Å². The Hall–Kier alpha value is -3.26. The van der Waals surface area contributed by atoms with Crippen molar-refractivity contribution in [2.75, 3.05) is 5.32 Å². The fourth-order valence-corrected chi connectivity index (χ4v) is 2.58. The molecule has 2 aromatic carbocycles. The number of benzene rings is 2. The number of halogens is 1. The molecule has 26 heavy (non-hydrogen) atoms. The van der Waals surface area contributed by atoms with Gasteiger partial charge in [-0.3, -0.25) is 24.3 Å². The van der Waals surface area contributed by atoms with Gasteiger partial charge < -0.3 is 5.32 Å². The third kappa shape index (κ3) is 3.55. The third-order valence-electron chi connectivity index (χ3n) is 3.79. The van der Waals surface area contributed by atoms with Crippen LogP contribution in [0.2, 0.25) is 5.02 Å². The molecule has 0 bridgehead atoms. The van der Waals surface area contributed by atoms with Gasteiger partial charge in [-0.15, -0.1) is 0 Å². The summed E-state index contributed by atoms with van der Waals surface area (Å²) in [6.45, 7) is 1.60. The van der Waals surface area contributed by atoms with Crippen LogP contribution < -0.4 is 10.9 Å². The van der Waals surface area contributed by atoms with Crippen molar-refractivity contribution in [1.29, 1.82) is 0 Å². The van der Waals surface area contributed by atoms with Crippen LogP contribution in [0, 0.1) is 17.0 Å². The van der Waals surface area contributed by atoms with Crippen molar-refractivity contribution in [2.45, 2.75) is 13.5 Å². The number of hydrogen-bond donors (Lipinski definition) is 1. The Kier molecular flexibility index (Phi) is 4.68. The molecule has 1 aromatic heterocycles. The number of nitro benzene ring substituents is 1. The summed E-state index contributed by atoms with van der Waals surface area (Å²) < 4.78 is 1.14. The second kappa shape index (κ2) is 6.93. The van der Waals surface area contributed by atoms with Crippen LogP contribution in [0.4, 0.5) is 11.4 Å². The van der Waals surface area contributed by atoms with E-state index < -0.39 is 16.4 Å². The van der Waals surface area contributed by atoms with Crippen molar-refractivity contribution in [3.05, 3.63) is 73.8 Å². The van der Waals surface area contributed by atoms with Gasteiger partial charge in [-0.2, -0.15) is 0 Å². The highest BCUT2D eigenvalue weighted by molar-refractivity contribution is 6.31. The summed E-state index contributed by atoms with van der Waals surface area (Å²) in [5.74, 6) is -0.421. The quantitative estimate of drug-likeness (QED) is 0.559. The number of fused-ring (bicyclic) bond motifs is 1. The molecule has 0 fully saturated rings. The first-order valence-corrected chi connectivity index (χ1v) is 7.92. The van der Waals surface area contributed by atoms with Crippen LogP contribution in [0.25, 0.3) is 10.9 Å². The number of nitrogens with zero attached hydrogens (tertiary/aromatic N) is 3. The van der Waals surface area contributed by atoms with Gasteiger partial charge in [0, 0.05) is 22.8 Å². The summed E-state index contributed by atoms with van der Waals surface area (Å²) in [5.41, 5.74) is 0.987. The molecule has 9 heteroatoms. The number of non-ortho nitro benzene ring substituents is 1. The van der Waals surface area contributed by atoms with E-state index in [2.05, 4.69) is 10.3 Å². The number of hydrogen-bond acceptors (Lipinski definition) is 5. The molecular weight excluding hydrogens is 360 g/mol. The highest BCUT2D eigenvalue weighted by atomic mass is 35.5. The number of rotatable bonds is 4. The van der Waals surface area contributed by atoms with Crippen LogP contribution in [0.15, 0.2) is 47.5 Å². The van der Waals surface area contributed by atoms with Gasteiger partial charge in [0.15, 0.2) is 0 Å². The van der Waals surface area contributed by atoms with Gasteiger partial charge in [0.05, 0.1) is 22.2 Å². The van der Waals surface area contributed by atoms with Crippen LogP contribution in [-0.2, 0) is 11.3 Å². The van der Waals surface area contributed by atoms with Crippen molar-refractivity contribution in [3.8, 4) is 0 Å². The number of amides is 1. The van der Waals surface area contributed by atoms with Gasteiger partial charge in [0.1, 0.15) is 6.54 Å². The minimum atomic E-state index is -0.563. The molecule has 8 nitrogen and oxygen atoms in total. The predicted molar refractivity (Wildman–Crippen MR) is 97.5 cm³/mol. The summed E-state index contributed by atoms with van der Waals surface area (Å²) in [7, 11) is 0. The Balaban J connectivity index is 1.84. The lowest BCUT2D eigenvalue weighted by Crippen LogP contribution is -2.27. The summed E-state index contributed by atoms with van der Waals surface area (Å²) in [6, 6.07) is 8.88. The highest BCUT2D eigenvalue weighted by Gasteiger charge is 2.12. The van der Waals surface area contributed by atoms with Crippen molar-refractivity contribution in [2.24, 2.45) is 0 Å². The molecule has 1 N–H and O–H groups in total. The summed E-state index contributed by atoms with van der Waals surface area (Å²) >= 11 is 6.02. The van der Waals surface area contributed by atoms with Gasteiger partial charge in [-0.1, -0.05) is 17.7 Å². The predicted octanol–water partition coefficient (Wildman–Crippen LogP) is 2.91. The van der Waals surface area contributed by atoms with Gasteiger partial charge >= 0.3 is 0 Å². The molecule has 0 saturated heterocycles. The zero-order valence-electron chi connectivity index (χ0n) is 13.6. The summed E-state index contributed by atoms with van der Waals surface area (Å²) in [6.07, 6.45) is 1.19. The van der Waals surface area contributed by atoms with Gasteiger partial charge in [0.25, 0.3) is 11.2 Å². The van der Waals surface area contributed by atoms with Crippen LogP contribution in [-0.4, -0.2) is 20.4 Å². The van der Waals surface area contributed by atoms with Crippen molar-refractivity contribution in [1.82, 2.24) is 9.55 Å². The molecule has 0 saturated carbocycles. The van der Waals surface area contributed by atoms with E-state index in [4.69, 9.17) is 11.6 Å². The molecule has 0 spiro atoms. The zero-order valence-corrected chi connectivity index (χ0v) is 14.4. The van der Waals surface area contributed by atoms with E-state index >= 15 is 0 Å². The fraction of sp³-hybridized carbons (Fsp3) is 0.118. The average Bonchev–Trinajstić information content (AvgIpc) is 2.60. The van der Waals surface area contributed by atoms with E-state index in [1.165, 1.54) is 24.5 Å². The van der Waals surface area contributed by atoms with Gasteiger partial charge in [-0.25, -0.2) is 4.98 Å². The number of carbonyl (C=O) groups excluding carboxylic acids is 1. The Labute approximate surface area is 152 Å². The van der Waals surface area contributed by atoms with E-state index in [9.17, 15) is 19.7 Å². The maximum Gasteiger partial charge on any atom is 0.271 e. The topological polar surface area (TPSA) is 107 Å². The van der Waals surface area contributed by atoms with Gasteiger partial charge in [-0.05, 0) is 30.7 Å². The van der Waals surface area contributed by atoms with Crippen LogP contribution in [0.3, 0.4) is 0 Å². The molecule has 0 aliphatic rings. The molecule has 1 heterocycles. The van der Waals surface area contributed by atoms with E-state index in [-0.39, 0.29) is 23.1 Å². The number of aromatic nitrogens is 2. The Bertz CT molecular complexity index is 1090. The Morgan fingerprint density at radius 2 is 2.08 bits per heavy atom. The SMILES string of the molecule is Cc1ccc(NC(=O)Cn2cnc3cc([N+](=O)[O-])ccc3c2=O)cc1Cl. The van der Waals surface area contributed by atoms with E-state index in [0.29, 0.717) is 10.7 Å². The second-order valence-corrected chi connectivity index (χ2v) is 6.06. The Morgan fingerprint density at radius 1 is 1.31 bits per heavy atom. The lowest BCUT2D eigenvalue weighted by molar-refractivity contribution is -0.384. The monoisotopic (exact) mass is 372 g/mol. The molecule has 3 rings (SSSR count). The third-order valence-corrected chi connectivity index (χ3v) is 4.20. The number of anilines is 1. The van der Waals surface area contributed by atoms with E-state index in [1.54, 1.807) is 18.2 Å². The van der Waals surface area contributed by atoms with Gasteiger partial charge in [0.2, 0.25) is 5.91 Å². The molecule has 1 amide bonds. The zero-order chi connectivity index (χ0) is 18.8. The molecule has 0 unspecified atom stereocenters. The number of nitrogens with one attached hydrogen (secondary N) is 1. The number of carbonyl (C=O) groups is 1. The molecule has 132 valence electrons. The number of aryl methyl sites for hydroxylation is 1. The maximum atomic E-state index is 12.4. The highest BCUT2D eigenvalue weighted by Crippen LogP contribution is 2.20. The Morgan fingerprint density at radius 3 is 2.77 bits per heavy atom. The molecule has 0 aliphatic carbocycles. The lowest BCUT2D eigenvalue weighted by Gasteiger charge is -2.09. The fourth-order valence-electron chi connectivity index (χ4n) is 2.40. The van der Waals surface area contributed by atoms with E-state index in [1.807, 2.05) is 6.92 Å². The smallest absolute Gasteiger partial charge is 0.271 e. The summed E-state index contributed by atoms with van der Waals surface area (Å²) in [5, 5.41) is 14.2. The van der Waals surface area contributed by atoms with Crippen LogP contribution in [0.1, 0.15) is 5.56 Å². The number of nitro groups is 1. The van der Waals surface area contributed by atoms with Crippen molar-refractivity contribution >= 4 is 39.8 Å². The first-order valence-electron chi connectivity index (χ1n) is 7.55. The minimum Gasteiger partial charge on any atom is -0.324 e. The molecular formula is C17H13ClN4O4. The summed E-state index contributed by atoms with van der Waals surface area (Å²) in [4.78, 5) is 38.9. The van der Waals surface area contributed by atoms with Crippen molar-refractivity contribution in [3.63, 3.8) is 0 Å². The van der Waals surface area contributed by atoms with Crippen LogP contribution >= 0.6 is 11.6 Å².